The topological polar surface area (TPSA) is 58.5 Å². The molecule has 0 saturated carbocycles. The maximum absolute atomic E-state index is 5.29. The van der Waals surface area contributed by atoms with Crippen molar-refractivity contribution in [1.29, 1.82) is 0 Å². The first-order chi connectivity index (χ1) is 10.8. The smallest absolute Gasteiger partial charge is 0.191 e. The summed E-state index contributed by atoms with van der Waals surface area (Å²) in [5.74, 6) is 0.823. The van der Waals surface area contributed by atoms with E-state index in [2.05, 4.69) is 38.8 Å². The number of hydrogen-bond donors (Lipinski definition) is 2. The van der Waals surface area contributed by atoms with Gasteiger partial charge in [-0.2, -0.15) is 0 Å². The second-order valence-electron chi connectivity index (χ2n) is 4.80. The summed E-state index contributed by atoms with van der Waals surface area (Å²) in [5, 5.41) is 7.73. The summed E-state index contributed by atoms with van der Waals surface area (Å²) >= 11 is 1.78. The van der Waals surface area contributed by atoms with Gasteiger partial charge in [0.25, 0.3) is 0 Å². The number of nitrogens with zero attached hydrogens (tertiary/aromatic N) is 2. The van der Waals surface area contributed by atoms with Crippen molar-refractivity contribution >= 4 is 51.5 Å². The van der Waals surface area contributed by atoms with Gasteiger partial charge < -0.3 is 15.4 Å². The fourth-order valence-corrected chi connectivity index (χ4v) is 3.09. The quantitative estimate of drug-likeness (QED) is 0.282. The number of hydrogen-bond acceptors (Lipinski definition) is 4. The number of halogens is 1. The maximum atomic E-state index is 5.29. The van der Waals surface area contributed by atoms with Crippen LogP contribution in [0.3, 0.4) is 0 Å². The number of fused-ring (bicyclic) bond motifs is 1. The highest BCUT2D eigenvalue weighted by Crippen LogP contribution is 2.22. The van der Waals surface area contributed by atoms with Crippen LogP contribution in [0, 0.1) is 0 Å². The van der Waals surface area contributed by atoms with Gasteiger partial charge in [0.15, 0.2) is 5.96 Å². The molecule has 0 amide bonds. The van der Waals surface area contributed by atoms with E-state index in [4.69, 9.17) is 4.74 Å². The molecule has 0 unspecified atom stereocenters. The summed E-state index contributed by atoms with van der Waals surface area (Å²) in [6.45, 7) is 5.09. The minimum absolute atomic E-state index is 0. The van der Waals surface area contributed by atoms with Crippen LogP contribution in [0.25, 0.3) is 10.2 Å². The van der Waals surface area contributed by atoms with Crippen molar-refractivity contribution in [3.63, 3.8) is 0 Å². The Morgan fingerprint density at radius 3 is 2.78 bits per heavy atom. The lowest BCUT2D eigenvalue weighted by Gasteiger charge is -2.11. The highest BCUT2D eigenvalue weighted by molar-refractivity contribution is 14.0. The second kappa shape index (κ2) is 11.6. The highest BCUT2D eigenvalue weighted by atomic mass is 127. The molecule has 0 spiro atoms. The number of aliphatic imine (C=N–C) groups is 1. The normalized spacial score (nSPS) is 11.3. The first-order valence-corrected chi connectivity index (χ1v) is 8.52. The molecule has 2 rings (SSSR count). The average molecular weight is 448 g/mol. The maximum Gasteiger partial charge on any atom is 0.191 e. The SMILES string of the molecule is CCOCCNC(=NC)NCCCc1nc2ccccc2s1.I. The Morgan fingerprint density at radius 1 is 1.26 bits per heavy atom. The molecule has 23 heavy (non-hydrogen) atoms. The number of para-hydroxylation sites is 1. The number of rotatable bonds is 8. The van der Waals surface area contributed by atoms with Crippen molar-refractivity contribution in [2.45, 2.75) is 19.8 Å². The number of thiazole rings is 1. The highest BCUT2D eigenvalue weighted by Gasteiger charge is 2.03. The Kier molecular flexibility index (Phi) is 10.1. The van der Waals surface area contributed by atoms with Crippen LogP contribution in [0.15, 0.2) is 29.3 Å². The Bertz CT molecular complexity index is 570. The lowest BCUT2D eigenvalue weighted by molar-refractivity contribution is 0.152. The number of aromatic nitrogens is 1. The monoisotopic (exact) mass is 448 g/mol. The molecule has 0 atom stereocenters. The molecule has 1 aromatic carbocycles. The third-order valence-electron chi connectivity index (χ3n) is 3.16. The number of guanidine groups is 1. The van der Waals surface area contributed by atoms with Gasteiger partial charge in [-0.15, -0.1) is 35.3 Å². The van der Waals surface area contributed by atoms with Crippen LogP contribution in [0.5, 0.6) is 0 Å². The second-order valence-corrected chi connectivity index (χ2v) is 5.92. The molecule has 128 valence electrons. The van der Waals surface area contributed by atoms with Crippen molar-refractivity contribution in [2.24, 2.45) is 4.99 Å². The zero-order chi connectivity index (χ0) is 15.6. The molecule has 0 radical (unpaired) electrons. The minimum Gasteiger partial charge on any atom is -0.380 e. The van der Waals surface area contributed by atoms with E-state index in [1.165, 1.54) is 9.71 Å². The van der Waals surface area contributed by atoms with Gasteiger partial charge >= 0.3 is 0 Å². The van der Waals surface area contributed by atoms with E-state index in [-0.39, 0.29) is 24.0 Å². The van der Waals surface area contributed by atoms with Crippen molar-refractivity contribution in [3.8, 4) is 0 Å². The Morgan fingerprint density at radius 2 is 2.04 bits per heavy atom. The number of benzene rings is 1. The van der Waals surface area contributed by atoms with E-state index < -0.39 is 0 Å². The largest absolute Gasteiger partial charge is 0.380 e. The first-order valence-electron chi connectivity index (χ1n) is 7.70. The van der Waals surface area contributed by atoms with Gasteiger partial charge in [0, 0.05) is 33.2 Å². The molecule has 0 bridgehead atoms. The molecule has 5 nitrogen and oxygen atoms in total. The molecular weight excluding hydrogens is 423 g/mol. The predicted octanol–water partition coefficient (Wildman–Crippen LogP) is 3.05. The molecule has 0 aliphatic rings. The van der Waals surface area contributed by atoms with Crippen molar-refractivity contribution in [3.05, 3.63) is 29.3 Å². The van der Waals surface area contributed by atoms with E-state index >= 15 is 0 Å². The predicted molar refractivity (Wildman–Crippen MR) is 109 cm³/mol. The van der Waals surface area contributed by atoms with E-state index in [1.807, 2.05) is 13.0 Å². The van der Waals surface area contributed by atoms with Crippen LogP contribution in [-0.2, 0) is 11.2 Å². The van der Waals surface area contributed by atoms with Crippen LogP contribution in [0.1, 0.15) is 18.4 Å². The van der Waals surface area contributed by atoms with Gasteiger partial charge in [-0.25, -0.2) is 4.98 Å². The molecule has 2 aromatic rings. The number of ether oxygens (including phenoxy) is 1. The lowest BCUT2D eigenvalue weighted by Crippen LogP contribution is -2.39. The summed E-state index contributed by atoms with van der Waals surface area (Å²) in [7, 11) is 1.78. The zero-order valence-corrected chi connectivity index (χ0v) is 16.8. The fourth-order valence-electron chi connectivity index (χ4n) is 2.08. The van der Waals surface area contributed by atoms with Crippen LogP contribution >= 0.6 is 35.3 Å². The molecule has 2 N–H and O–H groups in total. The van der Waals surface area contributed by atoms with Crippen LogP contribution in [0.2, 0.25) is 0 Å². The molecule has 1 heterocycles. The summed E-state index contributed by atoms with van der Waals surface area (Å²) in [6.07, 6.45) is 2.02. The number of nitrogens with one attached hydrogen (secondary N) is 2. The molecule has 0 aliphatic heterocycles. The lowest BCUT2D eigenvalue weighted by atomic mass is 10.3. The summed E-state index contributed by atoms with van der Waals surface area (Å²) in [5.41, 5.74) is 1.10. The van der Waals surface area contributed by atoms with Crippen LogP contribution in [0.4, 0.5) is 0 Å². The van der Waals surface area contributed by atoms with E-state index in [1.54, 1.807) is 18.4 Å². The number of aryl methyl sites for hydroxylation is 1. The Hall–Kier alpha value is -0.930. The molecular formula is C16H25IN4OS. The standard InChI is InChI=1S/C16H24N4OS.HI/c1-3-21-12-11-19-16(17-2)18-10-6-9-15-20-13-7-4-5-8-14(13)22-15;/h4-5,7-8H,3,6,9-12H2,1-2H3,(H2,17,18,19);1H. The molecule has 0 fully saturated rings. The molecule has 0 aliphatic carbocycles. The van der Waals surface area contributed by atoms with Crippen molar-refractivity contribution < 1.29 is 4.74 Å². The van der Waals surface area contributed by atoms with Gasteiger partial charge in [0.2, 0.25) is 0 Å². The van der Waals surface area contributed by atoms with Gasteiger partial charge in [-0.3, -0.25) is 4.99 Å². The summed E-state index contributed by atoms with van der Waals surface area (Å²) in [6, 6.07) is 8.28. The Labute approximate surface area is 159 Å². The van der Waals surface area contributed by atoms with E-state index in [0.717, 1.165) is 44.0 Å². The van der Waals surface area contributed by atoms with Gasteiger partial charge in [-0.1, -0.05) is 12.1 Å². The van der Waals surface area contributed by atoms with E-state index in [9.17, 15) is 0 Å². The van der Waals surface area contributed by atoms with Gasteiger partial charge in [0.05, 0.1) is 21.8 Å². The Balaban J connectivity index is 0.00000264. The van der Waals surface area contributed by atoms with Crippen molar-refractivity contribution in [2.75, 3.05) is 33.4 Å². The molecule has 7 heteroatoms. The molecule has 1 aromatic heterocycles. The summed E-state index contributed by atoms with van der Waals surface area (Å²) < 4.78 is 6.55. The minimum atomic E-state index is 0. The molecule has 0 saturated heterocycles. The van der Waals surface area contributed by atoms with Crippen LogP contribution in [-0.4, -0.2) is 44.3 Å². The third kappa shape index (κ3) is 7.01. The van der Waals surface area contributed by atoms with E-state index in [0.29, 0.717) is 6.61 Å². The van der Waals surface area contributed by atoms with Crippen LogP contribution < -0.4 is 10.6 Å². The van der Waals surface area contributed by atoms with Gasteiger partial charge in [-0.05, 0) is 25.5 Å². The summed E-state index contributed by atoms with van der Waals surface area (Å²) in [4.78, 5) is 8.84. The first kappa shape index (κ1) is 20.1. The fraction of sp³-hybridized carbons (Fsp3) is 0.500. The van der Waals surface area contributed by atoms with Gasteiger partial charge in [0.1, 0.15) is 0 Å². The zero-order valence-electron chi connectivity index (χ0n) is 13.7. The third-order valence-corrected chi connectivity index (χ3v) is 4.26. The average Bonchev–Trinajstić information content (AvgIpc) is 2.96. The van der Waals surface area contributed by atoms with Crippen molar-refractivity contribution in [1.82, 2.24) is 15.6 Å².